The minimum atomic E-state index is -1.05. The maximum atomic E-state index is 13.9. The molecule has 0 aromatic carbocycles. The summed E-state index contributed by atoms with van der Waals surface area (Å²) >= 11 is 0. The molecule has 0 aliphatic heterocycles. The first kappa shape index (κ1) is 13.1. The number of rotatable bonds is 5. The van der Waals surface area contributed by atoms with Gasteiger partial charge in [-0.15, -0.1) is 5.10 Å². The van der Waals surface area contributed by atoms with Crippen LogP contribution in [0.3, 0.4) is 0 Å². The Balaban J connectivity index is 2.58. The van der Waals surface area contributed by atoms with Gasteiger partial charge in [0.25, 0.3) is 0 Å². The highest BCUT2D eigenvalue weighted by Crippen LogP contribution is 2.16. The van der Waals surface area contributed by atoms with Crippen LogP contribution in [0.15, 0.2) is 6.20 Å². The molecule has 0 saturated carbocycles. The zero-order valence-corrected chi connectivity index (χ0v) is 10.5. The summed E-state index contributed by atoms with van der Waals surface area (Å²) in [5, 5.41) is 10.8. The van der Waals surface area contributed by atoms with E-state index in [0.717, 1.165) is 6.42 Å². The fourth-order valence-electron chi connectivity index (χ4n) is 1.39. The first-order chi connectivity index (χ1) is 7.44. The van der Waals surface area contributed by atoms with Crippen LogP contribution in [0.5, 0.6) is 0 Å². The third-order valence-corrected chi connectivity index (χ3v) is 2.22. The van der Waals surface area contributed by atoms with E-state index in [9.17, 15) is 4.39 Å². The minimum Gasteiger partial charge on any atom is -0.309 e. The van der Waals surface area contributed by atoms with Crippen molar-refractivity contribution in [2.24, 2.45) is 0 Å². The summed E-state index contributed by atoms with van der Waals surface area (Å²) in [4.78, 5) is 0. The number of aromatic nitrogens is 3. The average Bonchev–Trinajstić information content (AvgIpc) is 2.62. The fourth-order valence-corrected chi connectivity index (χ4v) is 1.39. The number of nitrogens with one attached hydrogen (secondary N) is 1. The lowest BCUT2D eigenvalue weighted by atomic mass is 10.1. The number of halogens is 1. The summed E-state index contributed by atoms with van der Waals surface area (Å²) in [7, 11) is 0. The topological polar surface area (TPSA) is 42.7 Å². The maximum Gasteiger partial charge on any atom is 0.156 e. The van der Waals surface area contributed by atoms with E-state index in [1.54, 1.807) is 4.68 Å². The molecule has 0 aliphatic rings. The zero-order valence-electron chi connectivity index (χ0n) is 10.5. The second-order valence-electron chi connectivity index (χ2n) is 4.98. The highest BCUT2D eigenvalue weighted by molar-refractivity contribution is 5.00. The highest BCUT2D eigenvalue weighted by Gasteiger charge is 2.18. The fraction of sp³-hybridized carbons (Fsp3) is 0.818. The monoisotopic (exact) mass is 228 g/mol. The normalized spacial score (nSPS) is 14.1. The summed E-state index contributed by atoms with van der Waals surface area (Å²) in [5.74, 6) is 0. The van der Waals surface area contributed by atoms with Crippen molar-refractivity contribution in [3.63, 3.8) is 0 Å². The molecule has 0 fully saturated rings. The number of alkyl halides is 1. The maximum absolute atomic E-state index is 13.9. The number of aryl methyl sites for hydroxylation is 1. The van der Waals surface area contributed by atoms with Gasteiger partial charge in [0.15, 0.2) is 6.17 Å². The summed E-state index contributed by atoms with van der Waals surface area (Å²) in [5.41, 5.74) is 0.478. The third kappa shape index (κ3) is 3.89. The molecule has 0 saturated heterocycles. The van der Waals surface area contributed by atoms with Gasteiger partial charge in [-0.3, -0.25) is 0 Å². The Morgan fingerprint density at radius 3 is 2.75 bits per heavy atom. The molecule has 5 heteroatoms. The van der Waals surface area contributed by atoms with Crippen LogP contribution in [0, 0.1) is 0 Å². The molecule has 4 nitrogen and oxygen atoms in total. The smallest absolute Gasteiger partial charge is 0.156 e. The van der Waals surface area contributed by atoms with E-state index in [-0.39, 0.29) is 5.54 Å². The molecule has 1 aromatic rings. The van der Waals surface area contributed by atoms with Gasteiger partial charge in [-0.05, 0) is 27.2 Å². The zero-order chi connectivity index (χ0) is 12.2. The van der Waals surface area contributed by atoms with Crippen LogP contribution in [0.1, 0.15) is 46.0 Å². The quantitative estimate of drug-likeness (QED) is 0.839. The van der Waals surface area contributed by atoms with Crippen molar-refractivity contribution in [2.75, 3.05) is 6.54 Å². The van der Waals surface area contributed by atoms with E-state index >= 15 is 0 Å². The van der Waals surface area contributed by atoms with Gasteiger partial charge in [0.05, 0.1) is 11.9 Å². The Morgan fingerprint density at radius 1 is 1.50 bits per heavy atom. The molecule has 1 heterocycles. The van der Waals surface area contributed by atoms with E-state index in [4.69, 9.17) is 0 Å². The molecular formula is C11H21FN4. The Bertz CT molecular complexity index is 316. The number of hydrogen-bond acceptors (Lipinski definition) is 3. The van der Waals surface area contributed by atoms with E-state index in [1.165, 1.54) is 6.20 Å². The molecule has 1 N–H and O–H groups in total. The highest BCUT2D eigenvalue weighted by atomic mass is 19.1. The first-order valence-electron chi connectivity index (χ1n) is 5.71. The lowest BCUT2D eigenvalue weighted by Gasteiger charge is -2.22. The molecule has 92 valence electrons. The van der Waals surface area contributed by atoms with Crippen LogP contribution >= 0.6 is 0 Å². The molecule has 0 radical (unpaired) electrons. The lowest BCUT2D eigenvalue weighted by molar-refractivity contribution is 0.276. The van der Waals surface area contributed by atoms with Crippen molar-refractivity contribution in [3.8, 4) is 0 Å². The van der Waals surface area contributed by atoms with Crippen LogP contribution in [0.25, 0.3) is 0 Å². The standard InChI is InChI=1S/C11H21FN4/c1-5-6-16-10(8-14-15-16)9(12)7-13-11(2,3)4/h8-9,13H,5-7H2,1-4H3. The van der Waals surface area contributed by atoms with Crippen LogP contribution in [-0.2, 0) is 6.54 Å². The molecular weight excluding hydrogens is 207 g/mol. The molecule has 1 unspecified atom stereocenters. The Kier molecular flexibility index (Phi) is 4.41. The van der Waals surface area contributed by atoms with Crippen molar-refractivity contribution in [2.45, 2.75) is 52.4 Å². The Morgan fingerprint density at radius 2 is 2.19 bits per heavy atom. The largest absolute Gasteiger partial charge is 0.309 e. The van der Waals surface area contributed by atoms with Crippen molar-refractivity contribution in [1.82, 2.24) is 20.3 Å². The van der Waals surface area contributed by atoms with Crippen molar-refractivity contribution < 1.29 is 4.39 Å². The predicted molar refractivity (Wildman–Crippen MR) is 61.9 cm³/mol. The van der Waals surface area contributed by atoms with E-state index in [0.29, 0.717) is 18.8 Å². The number of nitrogens with zero attached hydrogens (tertiary/aromatic N) is 3. The van der Waals surface area contributed by atoms with Gasteiger partial charge in [0.1, 0.15) is 0 Å². The van der Waals surface area contributed by atoms with Gasteiger partial charge in [-0.2, -0.15) is 0 Å². The van der Waals surface area contributed by atoms with E-state index in [2.05, 4.69) is 15.6 Å². The van der Waals surface area contributed by atoms with Gasteiger partial charge in [-0.25, -0.2) is 9.07 Å². The lowest BCUT2D eigenvalue weighted by Crippen LogP contribution is -2.38. The van der Waals surface area contributed by atoms with Gasteiger partial charge in [0.2, 0.25) is 0 Å². The SMILES string of the molecule is CCCn1nncc1C(F)CNC(C)(C)C. The summed E-state index contributed by atoms with van der Waals surface area (Å²) < 4.78 is 15.6. The summed E-state index contributed by atoms with van der Waals surface area (Å²) in [6.45, 7) is 9.09. The molecule has 0 aliphatic carbocycles. The first-order valence-corrected chi connectivity index (χ1v) is 5.71. The minimum absolute atomic E-state index is 0.0760. The van der Waals surface area contributed by atoms with Crippen molar-refractivity contribution >= 4 is 0 Å². The molecule has 16 heavy (non-hydrogen) atoms. The molecule has 0 bridgehead atoms. The van der Waals surface area contributed by atoms with E-state index in [1.807, 2.05) is 27.7 Å². The molecule has 0 amide bonds. The second kappa shape index (κ2) is 5.39. The van der Waals surface area contributed by atoms with E-state index < -0.39 is 6.17 Å². The average molecular weight is 228 g/mol. The van der Waals surface area contributed by atoms with Crippen molar-refractivity contribution in [1.29, 1.82) is 0 Å². The number of hydrogen-bond donors (Lipinski definition) is 1. The Hall–Kier alpha value is -0.970. The van der Waals surface area contributed by atoms with Crippen LogP contribution < -0.4 is 5.32 Å². The predicted octanol–water partition coefficient (Wildman–Crippen LogP) is 2.09. The molecule has 1 rings (SSSR count). The van der Waals surface area contributed by atoms with Crippen LogP contribution in [0.4, 0.5) is 4.39 Å². The summed E-state index contributed by atoms with van der Waals surface area (Å²) in [6, 6.07) is 0. The van der Waals surface area contributed by atoms with Gasteiger partial charge in [-0.1, -0.05) is 12.1 Å². The molecule has 0 spiro atoms. The van der Waals surface area contributed by atoms with Crippen LogP contribution in [0.2, 0.25) is 0 Å². The van der Waals surface area contributed by atoms with Gasteiger partial charge < -0.3 is 5.32 Å². The molecule has 1 aromatic heterocycles. The van der Waals surface area contributed by atoms with Crippen LogP contribution in [-0.4, -0.2) is 27.1 Å². The molecule has 1 atom stereocenters. The van der Waals surface area contributed by atoms with Crippen molar-refractivity contribution in [3.05, 3.63) is 11.9 Å². The Labute approximate surface area is 96.2 Å². The van der Waals surface area contributed by atoms with Gasteiger partial charge >= 0.3 is 0 Å². The van der Waals surface area contributed by atoms with Gasteiger partial charge in [0, 0.05) is 18.6 Å². The third-order valence-electron chi connectivity index (χ3n) is 2.22. The second-order valence-corrected chi connectivity index (χ2v) is 4.98. The summed E-state index contributed by atoms with van der Waals surface area (Å²) in [6.07, 6.45) is 1.38.